The van der Waals surface area contributed by atoms with E-state index in [-0.39, 0.29) is 12.4 Å². The highest BCUT2D eigenvalue weighted by molar-refractivity contribution is 6.31. The van der Waals surface area contributed by atoms with Crippen LogP contribution in [0.25, 0.3) is 0 Å². The van der Waals surface area contributed by atoms with Crippen LogP contribution < -0.4 is 10.5 Å². The number of hydrogen-bond donors (Lipinski definition) is 1. The molecule has 0 spiro atoms. The topological polar surface area (TPSA) is 35.2 Å². The van der Waals surface area contributed by atoms with Crippen molar-refractivity contribution >= 4 is 17.3 Å². The minimum absolute atomic E-state index is 0.166. The monoisotopic (exact) mass is 251 g/mol. The number of ether oxygens (including phenoxy) is 1. The van der Waals surface area contributed by atoms with E-state index in [2.05, 4.69) is 0 Å². The van der Waals surface area contributed by atoms with Crippen LogP contribution in [0.2, 0.25) is 5.02 Å². The van der Waals surface area contributed by atoms with Gasteiger partial charge in [-0.25, -0.2) is 4.39 Å². The summed E-state index contributed by atoms with van der Waals surface area (Å²) in [5.74, 6) is -0.309. The first-order valence-electron chi connectivity index (χ1n) is 5.08. The van der Waals surface area contributed by atoms with Gasteiger partial charge in [0, 0.05) is 22.3 Å². The maximum Gasteiger partial charge on any atom is 0.167 e. The average Bonchev–Trinajstić information content (AvgIpc) is 2.30. The van der Waals surface area contributed by atoms with E-state index in [4.69, 9.17) is 22.1 Å². The van der Waals surface area contributed by atoms with Gasteiger partial charge in [0.25, 0.3) is 0 Å². The summed E-state index contributed by atoms with van der Waals surface area (Å²) in [5.41, 5.74) is 6.62. The van der Waals surface area contributed by atoms with Gasteiger partial charge in [-0.3, -0.25) is 0 Å². The fourth-order valence-corrected chi connectivity index (χ4v) is 1.60. The van der Waals surface area contributed by atoms with Crippen molar-refractivity contribution in [2.45, 2.75) is 6.61 Å². The number of nitrogens with two attached hydrogens (primary N) is 1. The lowest BCUT2D eigenvalue weighted by Gasteiger charge is -2.08. The van der Waals surface area contributed by atoms with E-state index in [1.165, 1.54) is 12.1 Å². The molecule has 0 unspecified atom stereocenters. The highest BCUT2D eigenvalue weighted by Crippen LogP contribution is 2.22. The smallest absolute Gasteiger partial charge is 0.167 e. The number of anilines is 1. The maximum atomic E-state index is 13.4. The zero-order valence-electron chi connectivity index (χ0n) is 8.99. The lowest BCUT2D eigenvalue weighted by molar-refractivity contribution is 0.290. The summed E-state index contributed by atoms with van der Waals surface area (Å²) in [4.78, 5) is 0. The van der Waals surface area contributed by atoms with Crippen LogP contribution in [-0.2, 0) is 6.61 Å². The molecule has 0 aliphatic heterocycles. The summed E-state index contributed by atoms with van der Waals surface area (Å²) in [6, 6.07) is 11.6. The van der Waals surface area contributed by atoms with Gasteiger partial charge in [0.15, 0.2) is 11.6 Å². The molecule has 0 bridgehead atoms. The van der Waals surface area contributed by atoms with Crippen molar-refractivity contribution in [3.05, 3.63) is 58.9 Å². The molecule has 2 aromatic rings. The van der Waals surface area contributed by atoms with E-state index in [1.807, 2.05) is 18.2 Å². The highest BCUT2D eigenvalue weighted by Gasteiger charge is 2.05. The first kappa shape index (κ1) is 11.7. The molecule has 2 N–H and O–H groups in total. The largest absolute Gasteiger partial charge is 0.486 e. The molecule has 0 amide bonds. The summed E-state index contributed by atoms with van der Waals surface area (Å²) in [6.07, 6.45) is 0. The molecule has 17 heavy (non-hydrogen) atoms. The molecule has 2 nitrogen and oxygen atoms in total. The van der Waals surface area contributed by atoms with E-state index in [0.29, 0.717) is 10.7 Å². The fourth-order valence-electron chi connectivity index (χ4n) is 1.41. The Morgan fingerprint density at radius 1 is 1.18 bits per heavy atom. The summed E-state index contributed by atoms with van der Waals surface area (Å²) < 4.78 is 18.8. The molecule has 0 saturated carbocycles. The van der Waals surface area contributed by atoms with Gasteiger partial charge in [-0.15, -0.1) is 0 Å². The Hall–Kier alpha value is -1.74. The third-order valence-corrected chi connectivity index (χ3v) is 2.67. The Morgan fingerprint density at radius 3 is 2.65 bits per heavy atom. The molecule has 2 rings (SSSR count). The molecule has 0 aliphatic carbocycles. The van der Waals surface area contributed by atoms with Crippen molar-refractivity contribution in [2.24, 2.45) is 0 Å². The number of hydrogen-bond acceptors (Lipinski definition) is 2. The fraction of sp³-hybridized carbons (Fsp3) is 0.0769. The molecule has 2 aromatic carbocycles. The minimum Gasteiger partial charge on any atom is -0.486 e. The van der Waals surface area contributed by atoms with E-state index < -0.39 is 5.82 Å². The quantitative estimate of drug-likeness (QED) is 0.846. The molecule has 0 radical (unpaired) electrons. The van der Waals surface area contributed by atoms with Crippen LogP contribution in [-0.4, -0.2) is 0 Å². The molecule has 0 fully saturated rings. The van der Waals surface area contributed by atoms with Crippen LogP contribution in [0.4, 0.5) is 10.1 Å². The van der Waals surface area contributed by atoms with Crippen LogP contribution >= 0.6 is 11.6 Å². The van der Waals surface area contributed by atoms with E-state index in [9.17, 15) is 4.39 Å². The van der Waals surface area contributed by atoms with Crippen LogP contribution in [0, 0.1) is 5.82 Å². The second-order valence-electron chi connectivity index (χ2n) is 3.57. The molecule has 0 aromatic heterocycles. The van der Waals surface area contributed by atoms with E-state index >= 15 is 0 Å². The summed E-state index contributed by atoms with van der Waals surface area (Å²) in [6.45, 7) is 0.223. The molecule has 0 heterocycles. The number of halogens is 2. The summed E-state index contributed by atoms with van der Waals surface area (Å²) in [5, 5.41) is 0.600. The van der Waals surface area contributed by atoms with Crippen molar-refractivity contribution in [1.29, 1.82) is 0 Å². The Labute approximate surface area is 104 Å². The van der Waals surface area contributed by atoms with Gasteiger partial charge in [-0.05, 0) is 18.2 Å². The van der Waals surface area contributed by atoms with Gasteiger partial charge in [0.05, 0.1) is 0 Å². The van der Waals surface area contributed by atoms with Crippen molar-refractivity contribution in [3.8, 4) is 5.75 Å². The summed E-state index contributed by atoms with van der Waals surface area (Å²) in [7, 11) is 0. The molecule has 0 saturated heterocycles. The second-order valence-corrected chi connectivity index (χ2v) is 3.98. The maximum absolute atomic E-state index is 13.4. The molecule has 4 heteroatoms. The van der Waals surface area contributed by atoms with Crippen LogP contribution in [0.3, 0.4) is 0 Å². The van der Waals surface area contributed by atoms with Gasteiger partial charge < -0.3 is 10.5 Å². The standard InChI is InChI=1S/C13H11ClFNO/c14-11-4-2-1-3-9(11)8-17-13-6-5-10(16)7-12(13)15/h1-7H,8,16H2. The SMILES string of the molecule is Nc1ccc(OCc2ccccc2Cl)c(F)c1. The van der Waals surface area contributed by atoms with Gasteiger partial charge in [0.2, 0.25) is 0 Å². The lowest BCUT2D eigenvalue weighted by Crippen LogP contribution is -1.98. The Kier molecular flexibility index (Phi) is 3.49. The van der Waals surface area contributed by atoms with E-state index in [0.717, 1.165) is 5.56 Å². The Bertz CT molecular complexity index is 531. The predicted octanol–water partition coefficient (Wildman–Crippen LogP) is 3.64. The van der Waals surface area contributed by atoms with Gasteiger partial charge >= 0.3 is 0 Å². The lowest BCUT2D eigenvalue weighted by atomic mass is 10.2. The van der Waals surface area contributed by atoms with Crippen LogP contribution in [0.15, 0.2) is 42.5 Å². The predicted molar refractivity (Wildman–Crippen MR) is 66.6 cm³/mol. The van der Waals surface area contributed by atoms with E-state index in [1.54, 1.807) is 12.1 Å². The molecule has 0 aliphatic rings. The number of rotatable bonds is 3. The third-order valence-electron chi connectivity index (χ3n) is 2.30. The minimum atomic E-state index is -0.475. The first-order valence-corrected chi connectivity index (χ1v) is 5.46. The van der Waals surface area contributed by atoms with Crippen molar-refractivity contribution in [1.82, 2.24) is 0 Å². The highest BCUT2D eigenvalue weighted by atomic mass is 35.5. The van der Waals surface area contributed by atoms with Gasteiger partial charge in [-0.2, -0.15) is 0 Å². The Morgan fingerprint density at radius 2 is 1.94 bits per heavy atom. The molecule has 0 atom stereocenters. The average molecular weight is 252 g/mol. The van der Waals surface area contributed by atoms with Crippen molar-refractivity contribution in [2.75, 3.05) is 5.73 Å². The number of benzene rings is 2. The molecular weight excluding hydrogens is 241 g/mol. The van der Waals surface area contributed by atoms with Crippen molar-refractivity contribution < 1.29 is 9.13 Å². The third kappa shape index (κ3) is 2.88. The molecular formula is C13H11ClFNO. The van der Waals surface area contributed by atoms with Gasteiger partial charge in [-0.1, -0.05) is 29.8 Å². The summed E-state index contributed by atoms with van der Waals surface area (Å²) >= 11 is 5.96. The van der Waals surface area contributed by atoms with Crippen LogP contribution in [0.1, 0.15) is 5.56 Å². The Balaban J connectivity index is 2.10. The molecule has 88 valence electrons. The number of nitrogen functional groups attached to an aromatic ring is 1. The zero-order valence-corrected chi connectivity index (χ0v) is 9.75. The zero-order chi connectivity index (χ0) is 12.3. The second kappa shape index (κ2) is 5.06. The van der Waals surface area contributed by atoms with Crippen molar-refractivity contribution in [3.63, 3.8) is 0 Å². The first-order chi connectivity index (χ1) is 8.16. The van der Waals surface area contributed by atoms with Crippen LogP contribution in [0.5, 0.6) is 5.75 Å². The van der Waals surface area contributed by atoms with Gasteiger partial charge in [0.1, 0.15) is 6.61 Å². The normalized spacial score (nSPS) is 10.2.